The van der Waals surface area contributed by atoms with Gasteiger partial charge in [0, 0.05) is 18.8 Å². The SMILES string of the molecule is Cc1ccc(NC(=O)Nc2cc(-c3ccccc3C(=O)O)cc(F)c2N(CC(C)C)CC(C)C)cc1. The first kappa shape index (κ1) is 26.7. The van der Waals surface area contributed by atoms with Crippen LogP contribution in [0.3, 0.4) is 0 Å². The molecule has 6 nitrogen and oxygen atoms in total. The second kappa shape index (κ2) is 11.7. The number of carbonyl (C=O) groups excluding carboxylic acids is 1. The molecule has 7 heteroatoms. The van der Waals surface area contributed by atoms with Crippen molar-refractivity contribution in [1.82, 2.24) is 0 Å². The van der Waals surface area contributed by atoms with E-state index in [9.17, 15) is 14.7 Å². The summed E-state index contributed by atoms with van der Waals surface area (Å²) in [4.78, 5) is 26.7. The Hall–Kier alpha value is -3.87. The first-order valence-corrected chi connectivity index (χ1v) is 12.1. The molecule has 0 aromatic heterocycles. The van der Waals surface area contributed by atoms with E-state index in [0.29, 0.717) is 29.9 Å². The number of carboxylic acid groups (broad SMARTS) is 1. The van der Waals surface area contributed by atoms with Crippen molar-refractivity contribution in [3.8, 4) is 11.1 Å². The van der Waals surface area contributed by atoms with Gasteiger partial charge in [0.15, 0.2) is 0 Å². The highest BCUT2D eigenvalue weighted by atomic mass is 19.1. The zero-order chi connectivity index (χ0) is 26.4. The molecule has 0 spiro atoms. The Morgan fingerprint density at radius 3 is 2.11 bits per heavy atom. The number of hydrogen-bond donors (Lipinski definition) is 3. The van der Waals surface area contributed by atoms with Gasteiger partial charge in [0.05, 0.1) is 16.9 Å². The Balaban J connectivity index is 2.10. The van der Waals surface area contributed by atoms with E-state index in [0.717, 1.165) is 5.56 Å². The van der Waals surface area contributed by atoms with Crippen LogP contribution < -0.4 is 15.5 Å². The number of carbonyl (C=O) groups is 2. The lowest BCUT2D eigenvalue weighted by Crippen LogP contribution is -2.33. The van der Waals surface area contributed by atoms with E-state index < -0.39 is 17.8 Å². The van der Waals surface area contributed by atoms with Gasteiger partial charge in [0.2, 0.25) is 0 Å². The van der Waals surface area contributed by atoms with Gasteiger partial charge in [-0.1, -0.05) is 63.6 Å². The van der Waals surface area contributed by atoms with Gasteiger partial charge in [-0.15, -0.1) is 0 Å². The third-order valence-electron chi connectivity index (χ3n) is 5.58. The van der Waals surface area contributed by atoms with Crippen molar-refractivity contribution < 1.29 is 19.1 Å². The van der Waals surface area contributed by atoms with Gasteiger partial charge >= 0.3 is 12.0 Å². The fraction of sp³-hybridized carbons (Fsp3) is 0.310. The molecule has 0 aliphatic rings. The number of nitrogens with one attached hydrogen (secondary N) is 2. The molecule has 190 valence electrons. The second-order valence-electron chi connectivity index (χ2n) is 9.84. The van der Waals surface area contributed by atoms with Crippen molar-refractivity contribution in [3.05, 3.63) is 77.6 Å². The minimum Gasteiger partial charge on any atom is -0.478 e. The molecule has 3 N–H and O–H groups in total. The lowest BCUT2D eigenvalue weighted by atomic mass is 9.98. The number of carboxylic acids is 1. The summed E-state index contributed by atoms with van der Waals surface area (Å²) >= 11 is 0. The fourth-order valence-electron chi connectivity index (χ4n) is 4.15. The number of amides is 2. The number of benzene rings is 3. The molecule has 3 aromatic rings. The smallest absolute Gasteiger partial charge is 0.336 e. The number of urea groups is 1. The number of aryl methyl sites for hydroxylation is 1. The summed E-state index contributed by atoms with van der Waals surface area (Å²) in [5.74, 6) is -1.13. The summed E-state index contributed by atoms with van der Waals surface area (Å²) < 4.78 is 15.8. The highest BCUT2D eigenvalue weighted by Crippen LogP contribution is 2.37. The minimum absolute atomic E-state index is 0.0564. The molecular weight excluding hydrogens is 457 g/mol. The maximum absolute atomic E-state index is 15.8. The average Bonchev–Trinajstić information content (AvgIpc) is 2.79. The largest absolute Gasteiger partial charge is 0.478 e. The normalized spacial score (nSPS) is 11.0. The number of hydrogen-bond acceptors (Lipinski definition) is 3. The Morgan fingerprint density at radius 1 is 0.917 bits per heavy atom. The molecule has 0 radical (unpaired) electrons. The van der Waals surface area contributed by atoms with Gasteiger partial charge in [-0.2, -0.15) is 0 Å². The van der Waals surface area contributed by atoms with Crippen molar-refractivity contribution >= 4 is 29.1 Å². The van der Waals surface area contributed by atoms with Crippen molar-refractivity contribution in [2.24, 2.45) is 11.8 Å². The standard InChI is InChI=1S/C29H34FN3O3/c1-18(2)16-33(17-19(3)4)27-25(30)14-21(23-8-6-7-9-24(23)28(34)35)15-26(27)32-29(36)31-22-12-10-20(5)11-13-22/h6-15,18-19H,16-17H2,1-5H3,(H,34,35)(H2,31,32,36). The summed E-state index contributed by atoms with van der Waals surface area (Å²) in [6, 6.07) is 16.3. The van der Waals surface area contributed by atoms with Crippen LogP contribution in [0.5, 0.6) is 0 Å². The van der Waals surface area contributed by atoms with Gasteiger partial charge in [-0.25, -0.2) is 14.0 Å². The zero-order valence-corrected chi connectivity index (χ0v) is 21.4. The van der Waals surface area contributed by atoms with Gasteiger partial charge in [-0.05, 0) is 60.2 Å². The van der Waals surface area contributed by atoms with Crippen LogP contribution >= 0.6 is 0 Å². The van der Waals surface area contributed by atoms with Gasteiger partial charge < -0.3 is 20.6 Å². The number of nitrogens with zero attached hydrogens (tertiary/aromatic N) is 1. The van der Waals surface area contributed by atoms with Crippen molar-refractivity contribution in [1.29, 1.82) is 0 Å². The predicted molar refractivity (Wildman–Crippen MR) is 145 cm³/mol. The number of aromatic carboxylic acids is 1. The van der Waals surface area contributed by atoms with Crippen molar-refractivity contribution in [3.63, 3.8) is 0 Å². The van der Waals surface area contributed by atoms with Gasteiger partial charge in [0.1, 0.15) is 5.82 Å². The minimum atomic E-state index is -1.11. The third kappa shape index (κ3) is 6.84. The van der Waals surface area contributed by atoms with E-state index >= 15 is 4.39 Å². The fourth-order valence-corrected chi connectivity index (χ4v) is 4.15. The molecule has 0 atom stereocenters. The highest BCUT2D eigenvalue weighted by Gasteiger charge is 2.23. The van der Waals surface area contributed by atoms with Crippen LogP contribution in [0.4, 0.5) is 26.2 Å². The van der Waals surface area contributed by atoms with Gasteiger partial charge in [-0.3, -0.25) is 0 Å². The summed E-state index contributed by atoms with van der Waals surface area (Å²) in [6.07, 6.45) is 0. The van der Waals surface area contributed by atoms with E-state index in [1.165, 1.54) is 12.1 Å². The van der Waals surface area contributed by atoms with Crippen molar-refractivity contribution in [2.75, 3.05) is 28.6 Å². The molecule has 3 aromatic carbocycles. The van der Waals surface area contributed by atoms with E-state index in [1.807, 2.05) is 24.0 Å². The average molecular weight is 492 g/mol. The first-order chi connectivity index (χ1) is 17.0. The number of rotatable bonds is 9. The Bertz CT molecular complexity index is 1210. The second-order valence-corrected chi connectivity index (χ2v) is 9.84. The number of halogens is 1. The quantitative estimate of drug-likeness (QED) is 0.294. The molecule has 0 heterocycles. The summed E-state index contributed by atoms with van der Waals surface area (Å²) in [6.45, 7) is 11.4. The maximum atomic E-state index is 15.8. The van der Waals surface area contributed by atoms with Crippen molar-refractivity contribution in [2.45, 2.75) is 34.6 Å². The molecule has 0 saturated carbocycles. The molecule has 36 heavy (non-hydrogen) atoms. The van der Waals surface area contributed by atoms with E-state index in [2.05, 4.69) is 38.3 Å². The molecule has 0 saturated heterocycles. The highest BCUT2D eigenvalue weighted by molar-refractivity contribution is 6.03. The topological polar surface area (TPSA) is 81.7 Å². The lowest BCUT2D eigenvalue weighted by molar-refractivity contribution is 0.0697. The maximum Gasteiger partial charge on any atom is 0.336 e. The van der Waals surface area contributed by atoms with Crippen LogP contribution in [-0.2, 0) is 0 Å². The van der Waals surface area contributed by atoms with Crippen LogP contribution in [0.2, 0.25) is 0 Å². The van der Waals surface area contributed by atoms with Gasteiger partial charge in [0.25, 0.3) is 0 Å². The molecule has 0 bridgehead atoms. The van der Waals surface area contributed by atoms with Crippen LogP contribution in [0.15, 0.2) is 60.7 Å². The monoisotopic (exact) mass is 491 g/mol. The predicted octanol–water partition coefficient (Wildman–Crippen LogP) is 7.26. The van der Waals surface area contributed by atoms with Crippen LogP contribution in [-0.4, -0.2) is 30.2 Å². The van der Waals surface area contributed by atoms with E-state index in [-0.39, 0.29) is 28.8 Å². The molecule has 0 aliphatic carbocycles. The van der Waals surface area contributed by atoms with Crippen LogP contribution in [0.1, 0.15) is 43.6 Å². The Morgan fingerprint density at radius 2 is 1.53 bits per heavy atom. The van der Waals surface area contributed by atoms with Crippen LogP contribution in [0.25, 0.3) is 11.1 Å². The first-order valence-electron chi connectivity index (χ1n) is 12.1. The summed E-state index contributed by atoms with van der Waals surface area (Å²) in [7, 11) is 0. The Labute approximate surface area is 212 Å². The lowest BCUT2D eigenvalue weighted by Gasteiger charge is -2.31. The molecule has 0 unspecified atom stereocenters. The van der Waals surface area contributed by atoms with E-state index in [1.54, 1.807) is 36.4 Å². The van der Waals surface area contributed by atoms with E-state index in [4.69, 9.17) is 0 Å². The zero-order valence-electron chi connectivity index (χ0n) is 21.4. The summed E-state index contributed by atoms with van der Waals surface area (Å²) in [5.41, 5.74) is 3.03. The molecular formula is C29H34FN3O3. The summed E-state index contributed by atoms with van der Waals surface area (Å²) in [5, 5.41) is 15.3. The molecule has 0 aliphatic heterocycles. The molecule has 2 amide bonds. The number of anilines is 3. The third-order valence-corrected chi connectivity index (χ3v) is 5.58. The molecule has 0 fully saturated rings. The van der Waals surface area contributed by atoms with Crippen LogP contribution in [0, 0.1) is 24.6 Å². The Kier molecular flexibility index (Phi) is 8.69. The molecule has 3 rings (SSSR count).